The number of aryl methyl sites for hydroxylation is 1. The summed E-state index contributed by atoms with van der Waals surface area (Å²) < 4.78 is 0. The van der Waals surface area contributed by atoms with Gasteiger partial charge in [0.05, 0.1) is 0 Å². The number of pyridine rings is 1. The number of piperidine rings is 1. The van der Waals surface area contributed by atoms with Crippen LogP contribution in [0.3, 0.4) is 0 Å². The molecule has 4 nitrogen and oxygen atoms in total. The van der Waals surface area contributed by atoms with Crippen LogP contribution in [0.1, 0.15) is 37.4 Å². The molecule has 20 heavy (non-hydrogen) atoms. The molecule has 1 saturated heterocycles. The van der Waals surface area contributed by atoms with Crippen LogP contribution in [0.5, 0.6) is 0 Å². The fraction of sp³-hybridized carbons (Fsp3) is 0.625. The Balaban J connectivity index is 1.73. The van der Waals surface area contributed by atoms with E-state index in [1.165, 1.54) is 12.8 Å². The summed E-state index contributed by atoms with van der Waals surface area (Å²) in [4.78, 5) is 16.2. The molecule has 2 unspecified atom stereocenters. The van der Waals surface area contributed by atoms with Crippen LogP contribution in [0, 0.1) is 18.8 Å². The fourth-order valence-corrected chi connectivity index (χ4v) is 2.70. The van der Waals surface area contributed by atoms with Gasteiger partial charge in [-0.2, -0.15) is 0 Å². The van der Waals surface area contributed by atoms with Crippen LogP contribution in [0.15, 0.2) is 18.3 Å². The minimum Gasteiger partial charge on any atom is -0.352 e. The molecule has 0 saturated carbocycles. The number of aromatic nitrogens is 1. The molecule has 2 N–H and O–H groups in total. The molecule has 0 aliphatic carbocycles. The van der Waals surface area contributed by atoms with Crippen LogP contribution in [-0.2, 0) is 11.3 Å². The Labute approximate surface area is 121 Å². The number of rotatable bonds is 5. The maximum atomic E-state index is 12.0. The van der Waals surface area contributed by atoms with Gasteiger partial charge in [-0.15, -0.1) is 0 Å². The number of nitrogens with zero attached hydrogens (tertiary/aromatic N) is 1. The Morgan fingerprint density at radius 1 is 1.55 bits per heavy atom. The van der Waals surface area contributed by atoms with Gasteiger partial charge in [-0.1, -0.05) is 13.0 Å². The van der Waals surface area contributed by atoms with E-state index in [2.05, 4.69) is 22.5 Å². The lowest BCUT2D eigenvalue weighted by molar-refractivity contribution is -0.122. The Kier molecular flexibility index (Phi) is 5.53. The second-order valence-electron chi connectivity index (χ2n) is 5.87. The quantitative estimate of drug-likeness (QED) is 0.864. The Morgan fingerprint density at radius 2 is 2.40 bits per heavy atom. The minimum absolute atomic E-state index is 0.142. The number of carbonyl (C=O) groups is 1. The van der Waals surface area contributed by atoms with Gasteiger partial charge in [-0.3, -0.25) is 9.78 Å². The smallest absolute Gasteiger partial charge is 0.220 e. The zero-order valence-corrected chi connectivity index (χ0v) is 12.5. The highest BCUT2D eigenvalue weighted by molar-refractivity contribution is 5.76. The first-order valence-corrected chi connectivity index (χ1v) is 7.54. The molecule has 1 aromatic heterocycles. The summed E-state index contributed by atoms with van der Waals surface area (Å²) in [7, 11) is 0. The van der Waals surface area contributed by atoms with Crippen molar-refractivity contribution in [2.75, 3.05) is 13.1 Å². The molecule has 110 valence electrons. The summed E-state index contributed by atoms with van der Waals surface area (Å²) in [6, 6.07) is 3.98. The van der Waals surface area contributed by atoms with Crippen molar-refractivity contribution in [3.05, 3.63) is 29.6 Å². The maximum absolute atomic E-state index is 12.0. The standard InChI is InChI=1S/C16H25N3O/c1-12(15-4-3-7-17-11-15)8-16(20)19-10-14-6-5-13(2)18-9-14/h5-6,9,12,15,17H,3-4,7-8,10-11H2,1-2H3,(H,19,20). The average molecular weight is 275 g/mol. The van der Waals surface area contributed by atoms with E-state index in [-0.39, 0.29) is 5.91 Å². The van der Waals surface area contributed by atoms with Gasteiger partial charge < -0.3 is 10.6 Å². The number of amides is 1. The van der Waals surface area contributed by atoms with E-state index in [1.54, 1.807) is 0 Å². The SMILES string of the molecule is Cc1ccc(CNC(=O)CC(C)C2CCCNC2)cn1. The zero-order chi connectivity index (χ0) is 14.4. The molecule has 4 heteroatoms. The molecular formula is C16H25N3O. The molecule has 1 aromatic rings. The van der Waals surface area contributed by atoms with E-state index in [4.69, 9.17) is 0 Å². The lowest BCUT2D eigenvalue weighted by Gasteiger charge is -2.28. The number of hydrogen-bond donors (Lipinski definition) is 2. The van der Waals surface area contributed by atoms with Crippen molar-refractivity contribution in [2.24, 2.45) is 11.8 Å². The Bertz CT molecular complexity index is 424. The number of nitrogens with one attached hydrogen (secondary N) is 2. The van der Waals surface area contributed by atoms with E-state index in [1.807, 2.05) is 25.3 Å². The average Bonchev–Trinajstić information content (AvgIpc) is 2.47. The summed E-state index contributed by atoms with van der Waals surface area (Å²) in [5.74, 6) is 1.22. The van der Waals surface area contributed by atoms with Crippen LogP contribution in [0.4, 0.5) is 0 Å². The van der Waals surface area contributed by atoms with Gasteiger partial charge in [0, 0.05) is 24.9 Å². The first kappa shape index (κ1) is 15.0. The van der Waals surface area contributed by atoms with E-state index >= 15 is 0 Å². The number of carbonyl (C=O) groups excluding carboxylic acids is 1. The highest BCUT2D eigenvalue weighted by atomic mass is 16.1. The predicted octanol–water partition coefficient (Wildman–Crippen LogP) is 2.03. The first-order valence-electron chi connectivity index (χ1n) is 7.54. The van der Waals surface area contributed by atoms with Crippen molar-refractivity contribution in [3.63, 3.8) is 0 Å². The third kappa shape index (κ3) is 4.60. The van der Waals surface area contributed by atoms with Crippen molar-refractivity contribution < 1.29 is 4.79 Å². The summed E-state index contributed by atoms with van der Waals surface area (Å²) in [5.41, 5.74) is 2.05. The van der Waals surface area contributed by atoms with Crippen molar-refractivity contribution in [1.29, 1.82) is 0 Å². The molecule has 0 spiro atoms. The van der Waals surface area contributed by atoms with Crippen molar-refractivity contribution in [2.45, 2.75) is 39.7 Å². The summed E-state index contributed by atoms with van der Waals surface area (Å²) in [6.45, 7) is 6.89. The van der Waals surface area contributed by atoms with E-state index in [0.29, 0.717) is 24.8 Å². The van der Waals surface area contributed by atoms with Gasteiger partial charge in [-0.25, -0.2) is 0 Å². The molecule has 2 rings (SSSR count). The lowest BCUT2D eigenvalue weighted by Crippen LogP contribution is -2.35. The van der Waals surface area contributed by atoms with Gasteiger partial charge in [0.1, 0.15) is 0 Å². The highest BCUT2D eigenvalue weighted by Gasteiger charge is 2.21. The zero-order valence-electron chi connectivity index (χ0n) is 12.5. The summed E-state index contributed by atoms with van der Waals surface area (Å²) in [6.07, 6.45) is 4.91. The summed E-state index contributed by atoms with van der Waals surface area (Å²) >= 11 is 0. The van der Waals surface area contributed by atoms with E-state index < -0.39 is 0 Å². The minimum atomic E-state index is 0.142. The molecule has 0 aromatic carbocycles. The van der Waals surface area contributed by atoms with Gasteiger partial charge in [-0.05, 0) is 56.3 Å². The molecule has 0 bridgehead atoms. The largest absolute Gasteiger partial charge is 0.352 e. The third-order valence-corrected chi connectivity index (χ3v) is 4.11. The molecule has 1 aliphatic heterocycles. The van der Waals surface area contributed by atoms with E-state index in [0.717, 1.165) is 24.3 Å². The topological polar surface area (TPSA) is 54.0 Å². The van der Waals surface area contributed by atoms with Gasteiger partial charge >= 0.3 is 0 Å². The lowest BCUT2D eigenvalue weighted by atomic mass is 9.85. The van der Waals surface area contributed by atoms with Crippen LogP contribution in [0.25, 0.3) is 0 Å². The van der Waals surface area contributed by atoms with Gasteiger partial charge in [0.25, 0.3) is 0 Å². The van der Waals surface area contributed by atoms with Crippen LogP contribution >= 0.6 is 0 Å². The van der Waals surface area contributed by atoms with Crippen molar-refractivity contribution >= 4 is 5.91 Å². The molecular weight excluding hydrogens is 250 g/mol. The molecule has 1 fully saturated rings. The van der Waals surface area contributed by atoms with Gasteiger partial charge in [0.2, 0.25) is 5.91 Å². The maximum Gasteiger partial charge on any atom is 0.220 e. The third-order valence-electron chi connectivity index (χ3n) is 4.11. The second kappa shape index (κ2) is 7.39. The molecule has 1 amide bonds. The molecule has 2 heterocycles. The highest BCUT2D eigenvalue weighted by Crippen LogP contribution is 2.22. The normalized spacial score (nSPS) is 20.4. The second-order valence-corrected chi connectivity index (χ2v) is 5.87. The molecule has 1 aliphatic rings. The summed E-state index contributed by atoms with van der Waals surface area (Å²) in [5, 5.41) is 6.40. The van der Waals surface area contributed by atoms with Gasteiger partial charge in [0.15, 0.2) is 0 Å². The molecule has 0 radical (unpaired) electrons. The van der Waals surface area contributed by atoms with Crippen molar-refractivity contribution in [3.8, 4) is 0 Å². The monoisotopic (exact) mass is 275 g/mol. The first-order chi connectivity index (χ1) is 9.65. The Morgan fingerprint density at radius 3 is 3.05 bits per heavy atom. The van der Waals surface area contributed by atoms with Crippen molar-refractivity contribution in [1.82, 2.24) is 15.6 Å². The number of hydrogen-bond acceptors (Lipinski definition) is 3. The molecule has 2 atom stereocenters. The van der Waals surface area contributed by atoms with E-state index in [9.17, 15) is 4.79 Å². The predicted molar refractivity (Wildman–Crippen MR) is 80.2 cm³/mol. The van der Waals surface area contributed by atoms with Crippen LogP contribution in [0.2, 0.25) is 0 Å². The fourth-order valence-electron chi connectivity index (χ4n) is 2.70. The van der Waals surface area contributed by atoms with Crippen LogP contribution in [-0.4, -0.2) is 24.0 Å². The van der Waals surface area contributed by atoms with Crippen LogP contribution < -0.4 is 10.6 Å². The Hall–Kier alpha value is -1.42.